The van der Waals surface area contributed by atoms with Crippen molar-refractivity contribution in [2.75, 3.05) is 0 Å². The number of aromatic nitrogens is 4. The Labute approximate surface area is 236 Å². The molecular formula is C33H29BF2N4O. The summed E-state index contributed by atoms with van der Waals surface area (Å²) in [6.07, 6.45) is 0. The van der Waals surface area contributed by atoms with E-state index in [2.05, 4.69) is 82.6 Å². The molecule has 2 aliphatic heterocycles. The number of hydrogen-bond acceptors (Lipinski definition) is 3. The van der Waals surface area contributed by atoms with Gasteiger partial charge in [0.05, 0.1) is 16.6 Å². The van der Waals surface area contributed by atoms with E-state index in [1.807, 2.05) is 0 Å². The number of halogens is 2. The molecule has 6 aromatic rings. The van der Waals surface area contributed by atoms with Gasteiger partial charge in [-0.25, -0.2) is 13.8 Å². The molecule has 0 saturated carbocycles. The average molecular weight is 546 g/mol. The number of hydrogen-bond donors (Lipinski definition) is 0. The Morgan fingerprint density at radius 2 is 1.46 bits per heavy atom. The Bertz CT molecular complexity index is 2200. The highest BCUT2D eigenvalue weighted by atomic mass is 19.2. The Morgan fingerprint density at radius 3 is 2.20 bits per heavy atom. The van der Waals surface area contributed by atoms with Crippen molar-refractivity contribution in [2.24, 2.45) is 0 Å². The SMILES string of the molecule is Cc1cc2c(C)c3n4c5c(c(C)c(C)cc5n3c2cc1C)B1c2cc(F)c(F)cc2Oc2nc(C(C)(C)C)nc-4c21. The third-order valence-corrected chi connectivity index (χ3v) is 9.25. The lowest BCUT2D eigenvalue weighted by atomic mass is 9.34. The molecule has 0 fully saturated rings. The van der Waals surface area contributed by atoms with E-state index in [0.717, 1.165) is 61.7 Å². The van der Waals surface area contributed by atoms with Crippen molar-refractivity contribution in [2.45, 2.75) is 60.8 Å². The van der Waals surface area contributed by atoms with Gasteiger partial charge >= 0.3 is 0 Å². The van der Waals surface area contributed by atoms with Gasteiger partial charge in [0, 0.05) is 27.9 Å². The molecule has 3 aromatic heterocycles. The average Bonchev–Trinajstić information content (AvgIpc) is 3.37. The van der Waals surface area contributed by atoms with Gasteiger partial charge in [0.15, 0.2) is 11.6 Å². The number of rotatable bonds is 0. The maximum Gasteiger partial charge on any atom is 0.261 e. The summed E-state index contributed by atoms with van der Waals surface area (Å²) in [5, 5.41) is 1.20. The van der Waals surface area contributed by atoms with Crippen molar-refractivity contribution >= 4 is 50.7 Å². The molecule has 0 saturated heterocycles. The molecule has 3 aromatic carbocycles. The third-order valence-electron chi connectivity index (χ3n) is 9.25. The van der Waals surface area contributed by atoms with Crippen LogP contribution in [0.3, 0.4) is 0 Å². The fourth-order valence-electron chi connectivity index (χ4n) is 6.87. The zero-order chi connectivity index (χ0) is 28.9. The van der Waals surface area contributed by atoms with Crippen LogP contribution in [0.4, 0.5) is 8.78 Å². The summed E-state index contributed by atoms with van der Waals surface area (Å²) in [6, 6.07) is 9.21. The Morgan fingerprint density at radius 1 is 0.780 bits per heavy atom. The molecule has 5 nitrogen and oxygen atoms in total. The number of imidazole rings is 1. The summed E-state index contributed by atoms with van der Waals surface area (Å²) >= 11 is 0. The van der Waals surface area contributed by atoms with Crippen LogP contribution in [0.15, 0.2) is 30.3 Å². The van der Waals surface area contributed by atoms with E-state index in [-0.39, 0.29) is 5.41 Å². The van der Waals surface area contributed by atoms with Gasteiger partial charge in [-0.15, -0.1) is 0 Å². The van der Waals surface area contributed by atoms with Crippen LogP contribution in [-0.4, -0.2) is 25.6 Å². The van der Waals surface area contributed by atoms with Crippen molar-refractivity contribution < 1.29 is 13.5 Å². The van der Waals surface area contributed by atoms with Crippen LogP contribution in [0.25, 0.3) is 33.4 Å². The molecule has 0 aliphatic carbocycles. The summed E-state index contributed by atoms with van der Waals surface area (Å²) in [5.41, 5.74) is 12.2. The number of ether oxygens (including phenoxy) is 1. The predicted molar refractivity (Wildman–Crippen MR) is 161 cm³/mol. The summed E-state index contributed by atoms with van der Waals surface area (Å²) in [7, 11) is 0. The Balaban J connectivity index is 1.66. The van der Waals surface area contributed by atoms with Gasteiger partial charge in [0.25, 0.3) is 6.71 Å². The van der Waals surface area contributed by atoms with Gasteiger partial charge in [-0.2, -0.15) is 4.98 Å². The normalized spacial score (nSPS) is 13.8. The summed E-state index contributed by atoms with van der Waals surface area (Å²) < 4.78 is 40.3. The van der Waals surface area contributed by atoms with Crippen molar-refractivity contribution in [1.82, 2.24) is 18.9 Å². The second kappa shape index (κ2) is 7.55. The highest BCUT2D eigenvalue weighted by Gasteiger charge is 2.45. The van der Waals surface area contributed by atoms with Crippen LogP contribution in [0.1, 0.15) is 54.4 Å². The lowest BCUT2D eigenvalue weighted by molar-refractivity contribution is 0.439. The van der Waals surface area contributed by atoms with Crippen LogP contribution >= 0.6 is 0 Å². The highest BCUT2D eigenvalue weighted by molar-refractivity contribution is 6.99. The Kier molecular flexibility index (Phi) is 4.53. The van der Waals surface area contributed by atoms with Gasteiger partial charge in [0.1, 0.15) is 23.0 Å². The molecule has 0 radical (unpaired) electrons. The molecule has 204 valence electrons. The monoisotopic (exact) mass is 546 g/mol. The van der Waals surface area contributed by atoms with E-state index in [4.69, 9.17) is 14.7 Å². The number of fused-ring (bicyclic) bond motifs is 9. The molecule has 8 rings (SSSR count). The first-order valence-corrected chi connectivity index (χ1v) is 14.0. The molecule has 8 heteroatoms. The lowest BCUT2D eigenvalue weighted by Gasteiger charge is -2.34. The van der Waals surface area contributed by atoms with Crippen molar-refractivity contribution in [3.8, 4) is 17.4 Å². The van der Waals surface area contributed by atoms with Gasteiger partial charge in [-0.3, -0.25) is 8.97 Å². The molecule has 2 aliphatic rings. The van der Waals surface area contributed by atoms with Gasteiger partial charge < -0.3 is 4.74 Å². The molecule has 5 heterocycles. The summed E-state index contributed by atoms with van der Waals surface area (Å²) in [5.74, 6) is 0.215. The van der Waals surface area contributed by atoms with Crippen molar-refractivity contribution in [1.29, 1.82) is 0 Å². The molecular weight excluding hydrogens is 517 g/mol. The largest absolute Gasteiger partial charge is 0.440 e. The van der Waals surface area contributed by atoms with Crippen LogP contribution in [-0.2, 0) is 5.41 Å². The van der Waals surface area contributed by atoms with Gasteiger partial charge in [-0.05, 0) is 86.5 Å². The second-order valence-electron chi connectivity index (χ2n) is 12.9. The molecule has 41 heavy (non-hydrogen) atoms. The maximum atomic E-state index is 14.8. The molecule has 0 atom stereocenters. The van der Waals surface area contributed by atoms with E-state index in [1.165, 1.54) is 22.6 Å². The smallest absolute Gasteiger partial charge is 0.261 e. The molecule has 0 N–H and O–H groups in total. The number of aryl methyl sites for hydroxylation is 4. The summed E-state index contributed by atoms with van der Waals surface area (Å²) in [6.45, 7) is 16.5. The topological polar surface area (TPSA) is 44.4 Å². The Hall–Kier alpha value is -4.20. The van der Waals surface area contributed by atoms with E-state index in [9.17, 15) is 8.78 Å². The first-order chi connectivity index (χ1) is 19.4. The third kappa shape index (κ3) is 2.95. The number of nitrogens with zero attached hydrogens (tertiary/aromatic N) is 4. The molecule has 0 spiro atoms. The first-order valence-electron chi connectivity index (χ1n) is 14.0. The zero-order valence-corrected chi connectivity index (χ0v) is 24.4. The minimum Gasteiger partial charge on any atom is -0.440 e. The minimum atomic E-state index is -0.940. The van der Waals surface area contributed by atoms with Crippen LogP contribution in [0.5, 0.6) is 11.6 Å². The predicted octanol–water partition coefficient (Wildman–Crippen LogP) is 5.88. The number of benzene rings is 3. The molecule has 0 bridgehead atoms. The minimum absolute atomic E-state index is 0.291. The second-order valence-corrected chi connectivity index (χ2v) is 12.9. The van der Waals surface area contributed by atoms with Crippen LogP contribution < -0.4 is 21.1 Å². The lowest BCUT2D eigenvalue weighted by Crippen LogP contribution is -2.60. The molecule has 0 amide bonds. The zero-order valence-electron chi connectivity index (χ0n) is 24.4. The fourth-order valence-corrected chi connectivity index (χ4v) is 6.87. The van der Waals surface area contributed by atoms with Crippen LogP contribution in [0.2, 0.25) is 0 Å². The van der Waals surface area contributed by atoms with E-state index < -0.39 is 18.3 Å². The van der Waals surface area contributed by atoms with Gasteiger partial charge in [-0.1, -0.05) is 26.3 Å². The van der Waals surface area contributed by atoms with Crippen molar-refractivity contribution in [3.05, 3.63) is 75.6 Å². The first kappa shape index (κ1) is 24.6. The van der Waals surface area contributed by atoms with Crippen LogP contribution in [0, 0.1) is 46.3 Å². The van der Waals surface area contributed by atoms with Crippen molar-refractivity contribution in [3.63, 3.8) is 0 Å². The van der Waals surface area contributed by atoms with E-state index in [1.54, 1.807) is 0 Å². The standard InChI is InChI=1S/C33H29BF2N4O/c1-14-9-19-18(5)31-39(23(19)10-15(14)2)24-11-16(3)17(4)26-28(24)40(31)29-27-30(38-32(37-29)33(6,7)8)41-25-13-22(36)21(35)12-20(25)34(26)27/h9-13H,1-8H3. The maximum absolute atomic E-state index is 14.8. The van der Waals surface area contributed by atoms with E-state index in [0.29, 0.717) is 22.9 Å². The van der Waals surface area contributed by atoms with Gasteiger partial charge in [0.2, 0.25) is 5.88 Å². The highest BCUT2D eigenvalue weighted by Crippen LogP contribution is 2.40. The quantitative estimate of drug-likeness (QED) is 0.223. The molecule has 0 unspecified atom stereocenters. The van der Waals surface area contributed by atoms with E-state index >= 15 is 0 Å². The summed E-state index contributed by atoms with van der Waals surface area (Å²) in [4.78, 5) is 10.1. The fraction of sp³-hybridized carbons (Fsp3) is 0.273.